The first kappa shape index (κ1) is 26.6. The van der Waals surface area contributed by atoms with Crippen molar-refractivity contribution >= 4 is 17.5 Å². The Morgan fingerprint density at radius 1 is 1.13 bits per heavy atom. The molecule has 0 spiro atoms. The second-order valence-electron chi connectivity index (χ2n) is 10.00. The molecule has 1 aromatic carbocycles. The molecular formula is C30H28ClFN4O3. The standard InChI is InChI=1S/C30H28ClFN4O3/c1-16-15-34-24(19-7-6-8-20(28(19)32)29(37)35(3)4)14-25(16)36-17(2)11-23(27(31)30(36)38)22-13-21(22)18-9-10-33-26(12-18)39-5/h6-12,14-15,21-22H,13H2,1-5H3/t21?,22-/m1/s1. The van der Waals surface area contributed by atoms with Gasteiger partial charge in [0.2, 0.25) is 5.88 Å². The molecule has 0 aliphatic heterocycles. The number of hydrogen-bond donors (Lipinski definition) is 0. The van der Waals surface area contributed by atoms with E-state index in [0.29, 0.717) is 23.0 Å². The van der Waals surface area contributed by atoms with E-state index in [2.05, 4.69) is 9.97 Å². The quantitative estimate of drug-likeness (QED) is 0.311. The maximum absolute atomic E-state index is 15.4. The van der Waals surface area contributed by atoms with E-state index in [4.69, 9.17) is 16.3 Å². The van der Waals surface area contributed by atoms with Crippen LogP contribution in [0, 0.1) is 19.7 Å². The van der Waals surface area contributed by atoms with Crippen molar-refractivity contribution in [1.29, 1.82) is 0 Å². The van der Waals surface area contributed by atoms with Crippen molar-refractivity contribution in [2.45, 2.75) is 32.1 Å². The summed E-state index contributed by atoms with van der Waals surface area (Å²) in [5.74, 6) is -0.217. The zero-order chi connectivity index (χ0) is 28.0. The molecule has 0 radical (unpaired) electrons. The van der Waals surface area contributed by atoms with Crippen LogP contribution in [0.1, 0.15) is 51.0 Å². The van der Waals surface area contributed by atoms with Gasteiger partial charge in [0.15, 0.2) is 0 Å². The minimum atomic E-state index is -0.663. The summed E-state index contributed by atoms with van der Waals surface area (Å²) in [6, 6.07) is 12.1. The third kappa shape index (κ3) is 4.81. The van der Waals surface area contributed by atoms with E-state index in [9.17, 15) is 9.59 Å². The van der Waals surface area contributed by atoms with Gasteiger partial charge in [0.25, 0.3) is 11.5 Å². The lowest BCUT2D eigenvalue weighted by molar-refractivity contribution is 0.0823. The number of carbonyl (C=O) groups is 1. The summed E-state index contributed by atoms with van der Waals surface area (Å²) in [4.78, 5) is 36.0. The predicted molar refractivity (Wildman–Crippen MR) is 149 cm³/mol. The van der Waals surface area contributed by atoms with E-state index in [1.165, 1.54) is 15.5 Å². The maximum atomic E-state index is 15.4. The number of aryl methyl sites for hydroxylation is 2. The number of hydrogen-bond acceptors (Lipinski definition) is 5. The monoisotopic (exact) mass is 546 g/mol. The number of amides is 1. The van der Waals surface area contributed by atoms with Crippen molar-refractivity contribution < 1.29 is 13.9 Å². The molecule has 3 heterocycles. The topological polar surface area (TPSA) is 77.3 Å². The smallest absolute Gasteiger partial charge is 0.274 e. The number of benzene rings is 1. The van der Waals surface area contributed by atoms with E-state index in [1.807, 2.05) is 32.0 Å². The van der Waals surface area contributed by atoms with Crippen LogP contribution in [0.2, 0.25) is 5.02 Å². The molecule has 1 unspecified atom stereocenters. The Balaban J connectivity index is 1.54. The first-order valence-corrected chi connectivity index (χ1v) is 12.9. The molecular weight excluding hydrogens is 519 g/mol. The molecule has 5 rings (SSSR count). The highest BCUT2D eigenvalue weighted by Crippen LogP contribution is 2.56. The highest BCUT2D eigenvalue weighted by atomic mass is 35.5. The first-order valence-electron chi connectivity index (χ1n) is 12.5. The number of methoxy groups -OCH3 is 1. The summed E-state index contributed by atoms with van der Waals surface area (Å²) in [7, 11) is 4.71. The van der Waals surface area contributed by atoms with Crippen LogP contribution >= 0.6 is 11.6 Å². The van der Waals surface area contributed by atoms with Crippen molar-refractivity contribution in [3.63, 3.8) is 0 Å². The Morgan fingerprint density at radius 2 is 1.90 bits per heavy atom. The first-order chi connectivity index (χ1) is 18.6. The van der Waals surface area contributed by atoms with Crippen molar-refractivity contribution in [1.82, 2.24) is 19.4 Å². The number of rotatable bonds is 6. The Morgan fingerprint density at radius 3 is 2.62 bits per heavy atom. The molecule has 39 heavy (non-hydrogen) atoms. The van der Waals surface area contributed by atoms with Crippen LogP contribution in [0.25, 0.3) is 16.9 Å². The molecule has 0 N–H and O–H groups in total. The highest BCUT2D eigenvalue weighted by Gasteiger charge is 2.41. The maximum Gasteiger partial charge on any atom is 0.274 e. The Labute approximate surface area is 230 Å². The van der Waals surface area contributed by atoms with Crippen LogP contribution in [0.5, 0.6) is 5.88 Å². The minimum absolute atomic E-state index is 0.0482. The molecule has 200 valence electrons. The van der Waals surface area contributed by atoms with Crippen LogP contribution in [0.4, 0.5) is 4.39 Å². The van der Waals surface area contributed by atoms with Crippen LogP contribution in [0.15, 0.2) is 59.7 Å². The van der Waals surface area contributed by atoms with Crippen LogP contribution < -0.4 is 10.3 Å². The average Bonchev–Trinajstić information content (AvgIpc) is 3.72. The molecule has 1 aliphatic rings. The third-order valence-electron chi connectivity index (χ3n) is 7.17. The van der Waals surface area contributed by atoms with Crippen molar-refractivity contribution in [3.8, 4) is 22.8 Å². The largest absolute Gasteiger partial charge is 0.481 e. The normalized spacial score (nSPS) is 16.2. The van der Waals surface area contributed by atoms with Gasteiger partial charge in [0.05, 0.1) is 24.1 Å². The van der Waals surface area contributed by atoms with E-state index < -0.39 is 11.7 Å². The fourth-order valence-corrected chi connectivity index (χ4v) is 5.29. The summed E-state index contributed by atoms with van der Waals surface area (Å²) in [5.41, 5.74) is 3.96. The SMILES string of the molecule is COc1cc(C2C[C@H]2c2cc(C)n(-c3cc(-c4cccc(C(=O)N(C)C)c4F)ncc3C)c(=O)c2Cl)ccn1. The summed E-state index contributed by atoms with van der Waals surface area (Å²) >= 11 is 6.70. The zero-order valence-electron chi connectivity index (χ0n) is 22.3. The van der Waals surface area contributed by atoms with Crippen molar-refractivity contribution in [3.05, 3.63) is 104 Å². The van der Waals surface area contributed by atoms with Crippen LogP contribution in [-0.2, 0) is 0 Å². The summed E-state index contributed by atoms with van der Waals surface area (Å²) in [6.45, 7) is 3.68. The molecule has 1 amide bonds. The van der Waals surface area contributed by atoms with Crippen LogP contribution in [-0.4, -0.2) is 46.5 Å². The van der Waals surface area contributed by atoms with Crippen molar-refractivity contribution in [2.24, 2.45) is 0 Å². The van der Waals surface area contributed by atoms with Gasteiger partial charge in [0, 0.05) is 43.8 Å². The Kier molecular flexibility index (Phi) is 6.99. The Hall–Kier alpha value is -4.04. The van der Waals surface area contributed by atoms with Gasteiger partial charge in [0.1, 0.15) is 10.8 Å². The zero-order valence-corrected chi connectivity index (χ0v) is 23.1. The third-order valence-corrected chi connectivity index (χ3v) is 7.55. The van der Waals surface area contributed by atoms with E-state index in [1.54, 1.807) is 51.8 Å². The van der Waals surface area contributed by atoms with E-state index in [-0.39, 0.29) is 33.5 Å². The molecule has 1 saturated carbocycles. The van der Waals surface area contributed by atoms with E-state index in [0.717, 1.165) is 23.1 Å². The molecule has 1 aliphatic carbocycles. The predicted octanol–water partition coefficient (Wildman–Crippen LogP) is 5.69. The summed E-state index contributed by atoms with van der Waals surface area (Å²) in [6.07, 6.45) is 4.18. The molecule has 2 atom stereocenters. The molecule has 9 heteroatoms. The number of pyridine rings is 3. The number of carbonyl (C=O) groups excluding carboxylic acids is 1. The molecule has 7 nitrogen and oxygen atoms in total. The lowest BCUT2D eigenvalue weighted by atomic mass is 10.0. The van der Waals surface area contributed by atoms with Gasteiger partial charge in [-0.15, -0.1) is 0 Å². The van der Waals surface area contributed by atoms with E-state index >= 15 is 4.39 Å². The molecule has 1 fully saturated rings. The van der Waals surface area contributed by atoms with Gasteiger partial charge < -0.3 is 9.64 Å². The fraction of sp³-hybridized carbons (Fsp3) is 0.267. The number of nitrogens with zero attached hydrogens (tertiary/aromatic N) is 4. The summed E-state index contributed by atoms with van der Waals surface area (Å²) < 4.78 is 22.2. The molecule has 3 aromatic heterocycles. The average molecular weight is 547 g/mol. The van der Waals surface area contributed by atoms with Gasteiger partial charge in [-0.2, -0.15) is 0 Å². The minimum Gasteiger partial charge on any atom is -0.481 e. The van der Waals surface area contributed by atoms with Gasteiger partial charge in [-0.1, -0.05) is 17.7 Å². The molecule has 0 saturated heterocycles. The van der Waals surface area contributed by atoms with Gasteiger partial charge in [-0.05, 0) is 79.1 Å². The Bertz CT molecular complexity index is 1670. The van der Waals surface area contributed by atoms with Crippen LogP contribution in [0.3, 0.4) is 0 Å². The lowest BCUT2D eigenvalue weighted by Crippen LogP contribution is -2.23. The highest BCUT2D eigenvalue weighted by molar-refractivity contribution is 6.31. The van der Waals surface area contributed by atoms with Gasteiger partial charge in [-0.25, -0.2) is 9.37 Å². The lowest BCUT2D eigenvalue weighted by Gasteiger charge is -2.17. The number of halogens is 2. The molecule has 0 bridgehead atoms. The van der Waals surface area contributed by atoms with Gasteiger partial charge in [-0.3, -0.25) is 19.1 Å². The van der Waals surface area contributed by atoms with Crippen molar-refractivity contribution in [2.75, 3.05) is 21.2 Å². The summed E-state index contributed by atoms with van der Waals surface area (Å²) in [5, 5.41) is 0.164. The number of aromatic nitrogens is 3. The molecule has 4 aromatic rings. The second-order valence-corrected chi connectivity index (χ2v) is 10.4. The fourth-order valence-electron chi connectivity index (χ4n) is 5.02. The number of ether oxygens (including phenoxy) is 1. The van der Waals surface area contributed by atoms with Gasteiger partial charge >= 0.3 is 0 Å². The second kappa shape index (κ2) is 10.3.